The number of fused-ring (bicyclic) bond motifs is 1. The van der Waals surface area contributed by atoms with Crippen LogP contribution < -0.4 is 0 Å². The fourth-order valence-corrected chi connectivity index (χ4v) is 2.41. The Labute approximate surface area is 88.9 Å². The second-order valence-electron chi connectivity index (χ2n) is 4.28. The molecule has 0 saturated heterocycles. The van der Waals surface area contributed by atoms with Gasteiger partial charge in [0.25, 0.3) is 0 Å². The zero-order valence-corrected chi connectivity index (χ0v) is 9.43. The summed E-state index contributed by atoms with van der Waals surface area (Å²) in [4.78, 5) is 11.7. The number of ketones is 1. The first kappa shape index (κ1) is 9.78. The van der Waals surface area contributed by atoms with Crippen LogP contribution >= 0.6 is 11.6 Å². The van der Waals surface area contributed by atoms with Gasteiger partial charge in [0.2, 0.25) is 0 Å². The molecule has 1 aliphatic rings. The summed E-state index contributed by atoms with van der Waals surface area (Å²) in [6.07, 6.45) is 2.70. The van der Waals surface area contributed by atoms with Crippen LogP contribution in [0.5, 0.6) is 0 Å². The first-order valence-corrected chi connectivity index (χ1v) is 5.33. The van der Waals surface area contributed by atoms with Gasteiger partial charge < -0.3 is 4.57 Å². The van der Waals surface area contributed by atoms with E-state index < -0.39 is 0 Å². The van der Waals surface area contributed by atoms with Crippen LogP contribution in [0.3, 0.4) is 0 Å². The molecule has 1 atom stereocenters. The molecule has 1 aromatic rings. The van der Waals surface area contributed by atoms with Gasteiger partial charge in [0.15, 0.2) is 5.78 Å². The van der Waals surface area contributed by atoms with Gasteiger partial charge >= 0.3 is 0 Å². The Morgan fingerprint density at radius 1 is 1.57 bits per heavy atom. The quantitative estimate of drug-likeness (QED) is 0.700. The fraction of sp³-hybridized carbons (Fsp3) is 0.545. The van der Waals surface area contributed by atoms with E-state index in [1.165, 1.54) is 0 Å². The van der Waals surface area contributed by atoms with Gasteiger partial charge in [0.1, 0.15) is 5.15 Å². The SMILES string of the molecule is CC1Cc2c(cn(C(C)C)c2Cl)C1=O. The van der Waals surface area contributed by atoms with E-state index in [1.807, 2.05) is 17.7 Å². The maximum atomic E-state index is 11.7. The Bertz CT molecular complexity index is 392. The van der Waals surface area contributed by atoms with Crippen molar-refractivity contribution in [1.29, 1.82) is 0 Å². The Balaban J connectivity index is 2.52. The van der Waals surface area contributed by atoms with E-state index >= 15 is 0 Å². The Kier molecular flexibility index (Phi) is 2.18. The summed E-state index contributed by atoms with van der Waals surface area (Å²) in [7, 11) is 0. The van der Waals surface area contributed by atoms with Crippen molar-refractivity contribution in [2.45, 2.75) is 33.2 Å². The summed E-state index contributed by atoms with van der Waals surface area (Å²) in [5, 5.41) is 0.743. The zero-order valence-electron chi connectivity index (χ0n) is 8.67. The van der Waals surface area contributed by atoms with Crippen LogP contribution in [0.4, 0.5) is 0 Å². The average molecular weight is 212 g/mol. The molecule has 0 N–H and O–H groups in total. The molecule has 1 heterocycles. The number of aromatic nitrogens is 1. The number of carbonyl (C=O) groups excluding carboxylic acids is 1. The highest BCUT2D eigenvalue weighted by Crippen LogP contribution is 2.35. The smallest absolute Gasteiger partial charge is 0.167 e. The maximum Gasteiger partial charge on any atom is 0.167 e. The lowest BCUT2D eigenvalue weighted by molar-refractivity contribution is 0.0945. The summed E-state index contributed by atoms with van der Waals surface area (Å²) in [5.74, 6) is 0.348. The van der Waals surface area contributed by atoms with Crippen LogP contribution in [-0.2, 0) is 6.42 Å². The van der Waals surface area contributed by atoms with E-state index in [4.69, 9.17) is 11.6 Å². The molecule has 0 aromatic carbocycles. The molecule has 0 aliphatic heterocycles. The van der Waals surface area contributed by atoms with Crippen molar-refractivity contribution in [3.63, 3.8) is 0 Å². The molecular formula is C11H14ClNO. The van der Waals surface area contributed by atoms with Crippen LogP contribution in [0.25, 0.3) is 0 Å². The third-order valence-electron chi connectivity index (χ3n) is 2.85. The number of Topliss-reactive ketones (excluding diaryl/α,β-unsaturated/α-hetero) is 1. The molecule has 0 radical (unpaired) electrons. The molecule has 0 bridgehead atoms. The Morgan fingerprint density at radius 3 is 2.71 bits per heavy atom. The van der Waals surface area contributed by atoms with Crippen LogP contribution in [0, 0.1) is 5.92 Å². The predicted molar refractivity (Wildman–Crippen MR) is 57.0 cm³/mol. The highest BCUT2D eigenvalue weighted by atomic mass is 35.5. The van der Waals surface area contributed by atoms with E-state index in [9.17, 15) is 4.79 Å². The topological polar surface area (TPSA) is 22.0 Å². The zero-order chi connectivity index (χ0) is 10.5. The molecule has 0 spiro atoms. The van der Waals surface area contributed by atoms with Gasteiger partial charge in [-0.2, -0.15) is 0 Å². The van der Waals surface area contributed by atoms with Crippen molar-refractivity contribution in [1.82, 2.24) is 4.57 Å². The van der Waals surface area contributed by atoms with Crippen LogP contribution in [0.2, 0.25) is 5.15 Å². The summed E-state index contributed by atoms with van der Waals surface area (Å²) in [5.41, 5.74) is 1.87. The van der Waals surface area contributed by atoms with Crippen molar-refractivity contribution < 1.29 is 4.79 Å². The number of hydrogen-bond acceptors (Lipinski definition) is 1. The van der Waals surface area contributed by atoms with Gasteiger partial charge in [0, 0.05) is 29.3 Å². The summed E-state index contributed by atoms with van der Waals surface area (Å²) < 4.78 is 1.97. The third kappa shape index (κ3) is 1.21. The molecule has 1 aromatic heterocycles. The van der Waals surface area contributed by atoms with Gasteiger partial charge in [0.05, 0.1) is 0 Å². The standard InChI is InChI=1S/C11H14ClNO/c1-6(2)13-5-9-8(11(13)12)4-7(3)10(9)14/h5-7H,4H2,1-3H3. The molecule has 1 aliphatic carbocycles. The lowest BCUT2D eigenvalue weighted by Crippen LogP contribution is -2.06. The van der Waals surface area contributed by atoms with E-state index in [0.717, 1.165) is 22.7 Å². The number of hydrogen-bond donors (Lipinski definition) is 0. The maximum absolute atomic E-state index is 11.7. The second-order valence-corrected chi connectivity index (χ2v) is 4.64. The van der Waals surface area contributed by atoms with Gasteiger partial charge in [-0.05, 0) is 20.3 Å². The van der Waals surface area contributed by atoms with Gasteiger partial charge in [-0.3, -0.25) is 4.79 Å². The van der Waals surface area contributed by atoms with E-state index in [-0.39, 0.29) is 11.7 Å². The van der Waals surface area contributed by atoms with E-state index in [2.05, 4.69) is 13.8 Å². The lowest BCUT2D eigenvalue weighted by Gasteiger charge is -2.10. The minimum absolute atomic E-state index is 0.110. The highest BCUT2D eigenvalue weighted by Gasteiger charge is 2.31. The van der Waals surface area contributed by atoms with E-state index in [1.54, 1.807) is 0 Å². The predicted octanol–water partition coefficient (Wildman–Crippen LogP) is 3.10. The summed E-state index contributed by atoms with van der Waals surface area (Å²) >= 11 is 6.21. The molecule has 3 heteroatoms. The Hall–Kier alpha value is -0.760. The molecule has 1 unspecified atom stereocenters. The number of halogens is 1. The average Bonchev–Trinajstić information content (AvgIpc) is 2.56. The summed E-state index contributed by atoms with van der Waals surface area (Å²) in [6, 6.07) is 0.316. The molecule has 0 amide bonds. The van der Waals surface area contributed by atoms with E-state index in [0.29, 0.717) is 6.04 Å². The molecular weight excluding hydrogens is 198 g/mol. The number of nitrogens with zero attached hydrogens (tertiary/aromatic N) is 1. The van der Waals surface area contributed by atoms with Gasteiger partial charge in [-0.15, -0.1) is 0 Å². The molecule has 2 nitrogen and oxygen atoms in total. The molecule has 2 rings (SSSR count). The van der Waals surface area contributed by atoms with Crippen molar-refractivity contribution in [3.8, 4) is 0 Å². The largest absolute Gasteiger partial charge is 0.335 e. The fourth-order valence-electron chi connectivity index (χ4n) is 1.99. The molecule has 76 valence electrons. The highest BCUT2D eigenvalue weighted by molar-refractivity contribution is 6.31. The third-order valence-corrected chi connectivity index (χ3v) is 3.27. The number of rotatable bonds is 1. The number of carbonyl (C=O) groups is 1. The van der Waals surface area contributed by atoms with Gasteiger partial charge in [-0.25, -0.2) is 0 Å². The normalized spacial score (nSPS) is 20.6. The first-order valence-electron chi connectivity index (χ1n) is 4.95. The summed E-state index contributed by atoms with van der Waals surface area (Å²) in [6.45, 7) is 6.09. The molecule has 14 heavy (non-hydrogen) atoms. The molecule has 0 saturated carbocycles. The monoisotopic (exact) mass is 211 g/mol. The lowest BCUT2D eigenvalue weighted by atomic mass is 10.1. The molecule has 0 fully saturated rings. The van der Waals surface area contributed by atoms with Crippen molar-refractivity contribution in [3.05, 3.63) is 22.5 Å². The van der Waals surface area contributed by atoms with Crippen molar-refractivity contribution in [2.24, 2.45) is 5.92 Å². The van der Waals surface area contributed by atoms with Crippen molar-refractivity contribution in [2.75, 3.05) is 0 Å². The van der Waals surface area contributed by atoms with Gasteiger partial charge in [-0.1, -0.05) is 18.5 Å². The second kappa shape index (κ2) is 3.13. The minimum Gasteiger partial charge on any atom is -0.335 e. The minimum atomic E-state index is 0.110. The first-order chi connectivity index (χ1) is 6.52. The van der Waals surface area contributed by atoms with Crippen LogP contribution in [0.15, 0.2) is 6.20 Å². The van der Waals surface area contributed by atoms with Crippen molar-refractivity contribution >= 4 is 17.4 Å². The Morgan fingerprint density at radius 2 is 2.21 bits per heavy atom. The van der Waals surface area contributed by atoms with Crippen LogP contribution in [-0.4, -0.2) is 10.4 Å². The van der Waals surface area contributed by atoms with Crippen LogP contribution in [0.1, 0.15) is 42.7 Å².